The van der Waals surface area contributed by atoms with Gasteiger partial charge >= 0.3 is 0 Å². The highest BCUT2D eigenvalue weighted by Crippen LogP contribution is 2.35. The molecule has 2 aromatic carbocycles. The Morgan fingerprint density at radius 3 is 2.20 bits per heavy atom. The number of ether oxygens (including phenoxy) is 1. The van der Waals surface area contributed by atoms with Gasteiger partial charge in [0.05, 0.1) is 17.6 Å². The predicted molar refractivity (Wildman–Crippen MR) is 84.0 cm³/mol. The van der Waals surface area contributed by atoms with Crippen LogP contribution in [0, 0.1) is 0 Å². The van der Waals surface area contributed by atoms with Crippen LogP contribution in [0.25, 0.3) is 11.1 Å². The molecule has 1 saturated heterocycles. The third-order valence-corrected chi connectivity index (χ3v) is 4.46. The van der Waals surface area contributed by atoms with E-state index in [1.54, 1.807) is 0 Å². The molecule has 1 aliphatic rings. The van der Waals surface area contributed by atoms with Crippen molar-refractivity contribution in [3.05, 3.63) is 60.2 Å². The molecule has 0 radical (unpaired) electrons. The van der Waals surface area contributed by atoms with Gasteiger partial charge in [-0.2, -0.15) is 0 Å². The van der Waals surface area contributed by atoms with Crippen molar-refractivity contribution in [2.24, 2.45) is 0 Å². The average molecular weight is 287 g/mol. The van der Waals surface area contributed by atoms with Gasteiger partial charge in [-0.25, -0.2) is 0 Å². The molecule has 0 spiro atoms. The van der Waals surface area contributed by atoms with Gasteiger partial charge in [-0.15, -0.1) is 11.6 Å². The molecule has 3 atom stereocenters. The number of hydrogen-bond donors (Lipinski definition) is 0. The van der Waals surface area contributed by atoms with E-state index >= 15 is 0 Å². The number of benzene rings is 2. The summed E-state index contributed by atoms with van der Waals surface area (Å²) in [6, 6.07) is 18.9. The van der Waals surface area contributed by atoms with Crippen LogP contribution in [-0.2, 0) is 4.74 Å². The lowest BCUT2D eigenvalue weighted by Crippen LogP contribution is -2.14. The van der Waals surface area contributed by atoms with Gasteiger partial charge in [0.2, 0.25) is 0 Å². The zero-order valence-corrected chi connectivity index (χ0v) is 12.4. The Morgan fingerprint density at radius 1 is 0.950 bits per heavy atom. The fourth-order valence-electron chi connectivity index (χ4n) is 2.75. The largest absolute Gasteiger partial charge is 0.373 e. The van der Waals surface area contributed by atoms with Gasteiger partial charge in [0.15, 0.2) is 0 Å². The Hall–Kier alpha value is -1.31. The topological polar surface area (TPSA) is 9.23 Å². The van der Waals surface area contributed by atoms with Crippen molar-refractivity contribution in [2.45, 2.75) is 37.4 Å². The molecule has 3 unspecified atom stereocenters. The monoisotopic (exact) mass is 286 g/mol. The Kier molecular flexibility index (Phi) is 4.09. The number of hydrogen-bond acceptors (Lipinski definition) is 1. The molecule has 0 saturated carbocycles. The molecule has 0 amide bonds. The zero-order chi connectivity index (χ0) is 13.9. The first-order valence-electron chi connectivity index (χ1n) is 7.19. The molecule has 104 valence electrons. The number of rotatable bonds is 3. The molecular weight excluding hydrogens is 268 g/mol. The minimum absolute atomic E-state index is 0.0511. The van der Waals surface area contributed by atoms with Crippen molar-refractivity contribution in [2.75, 3.05) is 0 Å². The zero-order valence-electron chi connectivity index (χ0n) is 11.6. The normalized spacial score (nSPS) is 23.7. The van der Waals surface area contributed by atoms with E-state index in [0.717, 1.165) is 18.4 Å². The molecule has 0 aromatic heterocycles. The highest BCUT2D eigenvalue weighted by molar-refractivity contribution is 6.21. The summed E-state index contributed by atoms with van der Waals surface area (Å²) in [6.45, 7) is 2.11. The minimum Gasteiger partial charge on any atom is -0.373 e. The van der Waals surface area contributed by atoms with Crippen LogP contribution < -0.4 is 0 Å². The summed E-state index contributed by atoms with van der Waals surface area (Å²) in [6.07, 6.45) is 2.64. The first kappa shape index (κ1) is 13.7. The first-order chi connectivity index (χ1) is 9.74. The molecule has 1 heterocycles. The SMILES string of the molecule is CC1CCC(C(Cl)c2ccc(-c3ccccc3)cc2)O1. The van der Waals surface area contributed by atoms with E-state index in [2.05, 4.69) is 55.5 Å². The van der Waals surface area contributed by atoms with Crippen LogP contribution in [0.3, 0.4) is 0 Å². The fourth-order valence-corrected chi connectivity index (χ4v) is 3.08. The molecule has 1 fully saturated rings. The lowest BCUT2D eigenvalue weighted by Gasteiger charge is -2.18. The van der Waals surface area contributed by atoms with E-state index in [1.165, 1.54) is 11.1 Å². The summed E-state index contributed by atoms with van der Waals surface area (Å²) in [5.41, 5.74) is 3.60. The summed E-state index contributed by atoms with van der Waals surface area (Å²) in [5, 5.41) is -0.0511. The summed E-state index contributed by atoms with van der Waals surface area (Å²) >= 11 is 6.55. The van der Waals surface area contributed by atoms with Gasteiger partial charge in [-0.05, 0) is 36.5 Å². The lowest BCUT2D eigenvalue weighted by molar-refractivity contribution is 0.0533. The highest BCUT2D eigenvalue weighted by Gasteiger charge is 2.29. The van der Waals surface area contributed by atoms with Crippen LogP contribution in [0.2, 0.25) is 0 Å². The Bertz CT molecular complexity index is 549. The number of halogens is 1. The molecular formula is C18H19ClO. The van der Waals surface area contributed by atoms with E-state index in [-0.39, 0.29) is 11.5 Å². The standard InChI is InChI=1S/C18H19ClO/c1-13-7-12-17(20-13)18(19)16-10-8-15(9-11-16)14-5-3-2-4-6-14/h2-6,8-11,13,17-18H,7,12H2,1H3. The van der Waals surface area contributed by atoms with Crippen molar-refractivity contribution in [1.82, 2.24) is 0 Å². The van der Waals surface area contributed by atoms with Crippen LogP contribution in [0.1, 0.15) is 30.7 Å². The lowest BCUT2D eigenvalue weighted by atomic mass is 10.0. The molecule has 1 aliphatic heterocycles. The fraction of sp³-hybridized carbons (Fsp3) is 0.333. The Balaban J connectivity index is 1.76. The van der Waals surface area contributed by atoms with Gasteiger partial charge in [0, 0.05) is 0 Å². The maximum atomic E-state index is 6.55. The van der Waals surface area contributed by atoms with Crippen molar-refractivity contribution in [3.8, 4) is 11.1 Å². The first-order valence-corrected chi connectivity index (χ1v) is 7.62. The third kappa shape index (κ3) is 2.89. The van der Waals surface area contributed by atoms with Crippen LogP contribution >= 0.6 is 11.6 Å². The van der Waals surface area contributed by atoms with Crippen molar-refractivity contribution in [1.29, 1.82) is 0 Å². The maximum absolute atomic E-state index is 6.55. The van der Waals surface area contributed by atoms with E-state index < -0.39 is 0 Å². The van der Waals surface area contributed by atoms with Gasteiger partial charge in [0.1, 0.15) is 0 Å². The summed E-state index contributed by atoms with van der Waals surface area (Å²) in [4.78, 5) is 0. The second kappa shape index (κ2) is 5.99. The van der Waals surface area contributed by atoms with E-state index in [1.807, 2.05) is 6.07 Å². The molecule has 0 bridgehead atoms. The van der Waals surface area contributed by atoms with E-state index in [0.29, 0.717) is 6.10 Å². The third-order valence-electron chi connectivity index (χ3n) is 3.93. The molecule has 2 aromatic rings. The molecule has 20 heavy (non-hydrogen) atoms. The van der Waals surface area contributed by atoms with Gasteiger partial charge in [0.25, 0.3) is 0 Å². The van der Waals surface area contributed by atoms with E-state index in [9.17, 15) is 0 Å². The molecule has 0 aliphatic carbocycles. The van der Waals surface area contributed by atoms with E-state index in [4.69, 9.17) is 16.3 Å². The highest BCUT2D eigenvalue weighted by atomic mass is 35.5. The van der Waals surface area contributed by atoms with Crippen LogP contribution in [0.5, 0.6) is 0 Å². The summed E-state index contributed by atoms with van der Waals surface area (Å²) < 4.78 is 5.86. The average Bonchev–Trinajstić information content (AvgIpc) is 2.94. The minimum atomic E-state index is -0.0511. The summed E-state index contributed by atoms with van der Waals surface area (Å²) in [5.74, 6) is 0. The van der Waals surface area contributed by atoms with Gasteiger partial charge in [-0.1, -0.05) is 54.6 Å². The van der Waals surface area contributed by atoms with Crippen LogP contribution in [0.15, 0.2) is 54.6 Å². The predicted octanol–water partition coefficient (Wildman–Crippen LogP) is 5.20. The Labute approximate surface area is 125 Å². The van der Waals surface area contributed by atoms with Crippen LogP contribution in [0.4, 0.5) is 0 Å². The molecule has 1 nitrogen and oxygen atoms in total. The molecule has 2 heteroatoms. The smallest absolute Gasteiger partial charge is 0.0847 e. The second-order valence-electron chi connectivity index (χ2n) is 5.45. The maximum Gasteiger partial charge on any atom is 0.0847 e. The quantitative estimate of drug-likeness (QED) is 0.705. The second-order valence-corrected chi connectivity index (χ2v) is 5.92. The van der Waals surface area contributed by atoms with Crippen molar-refractivity contribution >= 4 is 11.6 Å². The van der Waals surface area contributed by atoms with Crippen molar-refractivity contribution in [3.63, 3.8) is 0 Å². The molecule has 3 rings (SSSR count). The van der Waals surface area contributed by atoms with Gasteiger partial charge in [-0.3, -0.25) is 0 Å². The number of alkyl halides is 1. The van der Waals surface area contributed by atoms with Crippen LogP contribution in [-0.4, -0.2) is 12.2 Å². The molecule has 0 N–H and O–H groups in total. The van der Waals surface area contributed by atoms with Gasteiger partial charge < -0.3 is 4.74 Å². The van der Waals surface area contributed by atoms with Crippen molar-refractivity contribution < 1.29 is 4.74 Å². The Morgan fingerprint density at radius 2 is 1.60 bits per heavy atom. The summed E-state index contributed by atoms with van der Waals surface area (Å²) in [7, 11) is 0.